The van der Waals surface area contributed by atoms with Crippen LogP contribution in [0.1, 0.15) is 74.7 Å². The lowest BCUT2D eigenvalue weighted by Gasteiger charge is -2.47. The maximum atomic E-state index is 13.9. The SMILES string of the molecule is CC[C@H]1OC(=O)[C@H](C)C(=O)[C@H](C)[C@@H](O[C@@H]2O[C@H](C)C[C@H](N(C)C)[C@H]2O)[C@](C)(OC)C[C@@H](C)CN(C)[C@H](C)[C@@H](O)[C@]1(C)O. The number of methoxy groups -OCH3 is 1. The van der Waals surface area contributed by atoms with E-state index in [1.165, 1.54) is 13.8 Å². The Kier molecular flexibility index (Phi) is 13.0. The van der Waals surface area contributed by atoms with E-state index in [1.54, 1.807) is 21.0 Å². The average molecular weight is 603 g/mol. The number of aliphatic hydroxyl groups excluding tert-OH is 2. The second-order valence-corrected chi connectivity index (χ2v) is 13.6. The Hall–Kier alpha value is -1.18. The monoisotopic (exact) mass is 602 g/mol. The molecule has 0 spiro atoms. The third kappa shape index (κ3) is 8.10. The van der Waals surface area contributed by atoms with Gasteiger partial charge in [-0.25, -0.2) is 0 Å². The summed E-state index contributed by atoms with van der Waals surface area (Å²) < 4.78 is 24.4. The van der Waals surface area contributed by atoms with Crippen LogP contribution in [0, 0.1) is 17.8 Å². The van der Waals surface area contributed by atoms with Gasteiger partial charge in [0.05, 0.1) is 17.8 Å². The van der Waals surface area contributed by atoms with Gasteiger partial charge in [-0.15, -0.1) is 0 Å². The van der Waals surface area contributed by atoms with Gasteiger partial charge < -0.3 is 44.1 Å². The number of carbonyl (C=O) groups excluding carboxylic acids is 2. The second-order valence-electron chi connectivity index (χ2n) is 13.6. The third-order valence-electron chi connectivity index (χ3n) is 9.69. The fourth-order valence-electron chi connectivity index (χ4n) is 6.76. The predicted molar refractivity (Wildman–Crippen MR) is 159 cm³/mol. The van der Waals surface area contributed by atoms with E-state index >= 15 is 0 Å². The van der Waals surface area contributed by atoms with E-state index in [2.05, 4.69) is 0 Å². The van der Waals surface area contributed by atoms with Crippen molar-refractivity contribution in [2.24, 2.45) is 17.8 Å². The van der Waals surface area contributed by atoms with Gasteiger partial charge in [0.1, 0.15) is 29.8 Å². The van der Waals surface area contributed by atoms with E-state index in [-0.39, 0.29) is 24.5 Å². The lowest BCUT2D eigenvalue weighted by atomic mass is 9.78. The Morgan fingerprint density at radius 3 is 2.21 bits per heavy atom. The summed E-state index contributed by atoms with van der Waals surface area (Å²) >= 11 is 0. The Labute approximate surface area is 252 Å². The molecule has 11 heteroatoms. The minimum Gasteiger partial charge on any atom is -0.459 e. The summed E-state index contributed by atoms with van der Waals surface area (Å²) in [6, 6.07) is -0.691. The van der Waals surface area contributed by atoms with Gasteiger partial charge in [0.2, 0.25) is 0 Å². The first-order chi connectivity index (χ1) is 19.3. The van der Waals surface area contributed by atoms with Crippen LogP contribution in [0.5, 0.6) is 0 Å². The number of esters is 1. The summed E-state index contributed by atoms with van der Waals surface area (Å²) in [5, 5.41) is 33.8. The Morgan fingerprint density at radius 1 is 1.10 bits per heavy atom. The molecule has 13 atom stereocenters. The molecule has 0 saturated carbocycles. The number of hydrogen-bond acceptors (Lipinski definition) is 11. The van der Waals surface area contributed by atoms with E-state index in [0.29, 0.717) is 19.4 Å². The smallest absolute Gasteiger partial charge is 0.316 e. The molecule has 3 N–H and O–H groups in total. The molecular weight excluding hydrogens is 544 g/mol. The molecule has 11 nitrogen and oxygen atoms in total. The fourth-order valence-corrected chi connectivity index (χ4v) is 6.76. The largest absolute Gasteiger partial charge is 0.459 e. The van der Waals surface area contributed by atoms with E-state index in [0.717, 1.165) is 0 Å². The first-order valence-corrected chi connectivity index (χ1v) is 15.4. The van der Waals surface area contributed by atoms with E-state index in [1.807, 2.05) is 58.6 Å². The molecule has 42 heavy (non-hydrogen) atoms. The summed E-state index contributed by atoms with van der Waals surface area (Å²) in [5.41, 5.74) is -2.77. The van der Waals surface area contributed by atoms with Gasteiger partial charge in [0.25, 0.3) is 0 Å². The molecule has 2 aliphatic rings. The van der Waals surface area contributed by atoms with Crippen LogP contribution >= 0.6 is 0 Å². The molecule has 2 aliphatic heterocycles. The van der Waals surface area contributed by atoms with Gasteiger partial charge in [-0.3, -0.25) is 9.59 Å². The normalized spacial score (nSPS) is 45.8. The molecule has 2 saturated heterocycles. The Balaban J connectivity index is 2.58. The molecule has 2 fully saturated rings. The van der Waals surface area contributed by atoms with Crippen LogP contribution in [0.4, 0.5) is 0 Å². The number of ether oxygens (including phenoxy) is 4. The molecule has 246 valence electrons. The van der Waals surface area contributed by atoms with Crippen LogP contribution < -0.4 is 0 Å². The van der Waals surface area contributed by atoms with Crippen LogP contribution in [0.3, 0.4) is 0 Å². The summed E-state index contributed by atoms with van der Waals surface area (Å²) in [5.74, 6) is -3.23. The van der Waals surface area contributed by atoms with Gasteiger partial charge in [-0.05, 0) is 80.9 Å². The van der Waals surface area contributed by atoms with Crippen molar-refractivity contribution in [3.8, 4) is 0 Å². The third-order valence-corrected chi connectivity index (χ3v) is 9.69. The standard InChI is InChI=1S/C31H58N2O9/c1-13-23-31(8,38)26(36)21(6)33(11)16-17(2)15-30(7,39-12)27(19(4)24(34)20(5)28(37)41-23)42-29-25(35)22(32(9)10)14-18(3)40-29/h17-23,25-27,29,35-36,38H,13-16H2,1-12H3/t17-,18-,19+,20-,21-,22+,23-,25-,26-,27-,29+,30-,31-/m1/s1. The van der Waals surface area contributed by atoms with E-state index < -0.39 is 71.5 Å². The first-order valence-electron chi connectivity index (χ1n) is 15.4. The van der Waals surface area contributed by atoms with Crippen LogP contribution in [0.25, 0.3) is 0 Å². The van der Waals surface area contributed by atoms with Gasteiger partial charge >= 0.3 is 5.97 Å². The minimum atomic E-state index is -1.75. The maximum absolute atomic E-state index is 13.9. The molecule has 2 rings (SSSR count). The van der Waals surface area contributed by atoms with Crippen molar-refractivity contribution in [3.63, 3.8) is 0 Å². The number of carbonyl (C=O) groups is 2. The van der Waals surface area contributed by atoms with Crippen molar-refractivity contribution in [1.82, 2.24) is 9.80 Å². The van der Waals surface area contributed by atoms with Crippen LogP contribution in [0.15, 0.2) is 0 Å². The zero-order valence-electron chi connectivity index (χ0n) is 27.9. The van der Waals surface area contributed by atoms with Crippen molar-refractivity contribution >= 4 is 11.8 Å². The predicted octanol–water partition coefficient (Wildman–Crippen LogP) is 1.84. The highest BCUT2D eigenvalue weighted by Gasteiger charge is 2.50. The van der Waals surface area contributed by atoms with Crippen molar-refractivity contribution in [1.29, 1.82) is 0 Å². The van der Waals surface area contributed by atoms with Crippen molar-refractivity contribution in [2.75, 3.05) is 34.8 Å². The zero-order valence-corrected chi connectivity index (χ0v) is 27.9. The van der Waals surface area contributed by atoms with Crippen LogP contribution in [-0.2, 0) is 28.5 Å². The molecule has 0 aromatic heterocycles. The Morgan fingerprint density at radius 2 is 1.69 bits per heavy atom. The molecule has 0 aromatic carbocycles. The van der Waals surface area contributed by atoms with Crippen molar-refractivity contribution in [2.45, 2.75) is 135 Å². The van der Waals surface area contributed by atoms with Gasteiger partial charge in [0.15, 0.2) is 12.1 Å². The lowest BCUT2D eigenvalue weighted by molar-refractivity contribution is -0.295. The number of hydrogen-bond donors (Lipinski definition) is 3. The van der Waals surface area contributed by atoms with Crippen molar-refractivity contribution < 1.29 is 43.9 Å². The highest BCUT2D eigenvalue weighted by molar-refractivity contribution is 6.00. The van der Waals surface area contributed by atoms with Crippen LogP contribution in [-0.4, -0.2) is 132 Å². The molecule has 0 bridgehead atoms. The average Bonchev–Trinajstić information content (AvgIpc) is 2.92. The number of nitrogens with zero attached hydrogens (tertiary/aromatic N) is 2. The summed E-state index contributed by atoms with van der Waals surface area (Å²) in [7, 11) is 7.22. The summed E-state index contributed by atoms with van der Waals surface area (Å²) in [6.45, 7) is 14.6. The summed E-state index contributed by atoms with van der Waals surface area (Å²) in [6.07, 6.45) is -4.02. The highest BCUT2D eigenvalue weighted by atomic mass is 16.7. The first kappa shape index (κ1) is 37.0. The molecule has 0 aromatic rings. The number of cyclic esters (lactones) is 1. The number of aliphatic hydroxyl groups is 3. The van der Waals surface area contributed by atoms with Gasteiger partial charge in [-0.2, -0.15) is 0 Å². The number of rotatable bonds is 5. The number of Topliss-reactive ketones (excluding diaryl/α,β-unsaturated/α-hetero) is 1. The number of likely N-dealkylation sites (N-methyl/N-ethyl adjacent to an activating group) is 2. The molecular formula is C31H58N2O9. The quantitative estimate of drug-likeness (QED) is 0.314. The fraction of sp³-hybridized carbons (Fsp3) is 0.935. The lowest BCUT2D eigenvalue weighted by Crippen LogP contribution is -2.59. The van der Waals surface area contributed by atoms with Gasteiger partial charge in [-0.1, -0.05) is 20.8 Å². The molecule has 0 aliphatic carbocycles. The molecule has 0 unspecified atom stereocenters. The number of ketones is 1. The van der Waals surface area contributed by atoms with Crippen LogP contribution in [0.2, 0.25) is 0 Å². The Bertz CT molecular complexity index is 902. The highest BCUT2D eigenvalue weighted by Crippen LogP contribution is 2.37. The molecule has 0 amide bonds. The molecule has 2 heterocycles. The maximum Gasteiger partial charge on any atom is 0.316 e. The van der Waals surface area contributed by atoms with E-state index in [9.17, 15) is 24.9 Å². The van der Waals surface area contributed by atoms with E-state index in [4.69, 9.17) is 18.9 Å². The summed E-state index contributed by atoms with van der Waals surface area (Å²) in [4.78, 5) is 31.1. The minimum absolute atomic E-state index is 0.000927. The molecule has 0 radical (unpaired) electrons. The zero-order chi connectivity index (χ0) is 32.3. The van der Waals surface area contributed by atoms with Crippen molar-refractivity contribution in [3.05, 3.63) is 0 Å². The van der Waals surface area contributed by atoms with Gasteiger partial charge in [0, 0.05) is 31.7 Å². The topological polar surface area (TPSA) is 138 Å². The second kappa shape index (κ2) is 14.7.